The highest BCUT2D eigenvalue weighted by Gasteiger charge is 2.22. The first-order valence-electron chi connectivity index (χ1n) is 6.27. The van der Waals surface area contributed by atoms with E-state index < -0.39 is 0 Å². The van der Waals surface area contributed by atoms with Crippen LogP contribution in [0.5, 0.6) is 5.75 Å². The molecule has 1 aromatic rings. The second-order valence-corrected chi connectivity index (χ2v) is 4.52. The van der Waals surface area contributed by atoms with E-state index in [1.807, 2.05) is 12.1 Å². The van der Waals surface area contributed by atoms with E-state index in [4.69, 9.17) is 9.47 Å². The average molecular weight is 235 g/mol. The van der Waals surface area contributed by atoms with Crippen LogP contribution in [-0.4, -0.2) is 32.4 Å². The van der Waals surface area contributed by atoms with Gasteiger partial charge in [0.05, 0.1) is 13.2 Å². The molecule has 17 heavy (non-hydrogen) atoms. The van der Waals surface area contributed by atoms with Crippen LogP contribution in [0.3, 0.4) is 0 Å². The summed E-state index contributed by atoms with van der Waals surface area (Å²) in [5, 5.41) is 3.55. The topological polar surface area (TPSA) is 30.5 Å². The molecule has 1 N–H and O–H groups in total. The third-order valence-corrected chi connectivity index (χ3v) is 3.36. The molecule has 0 aromatic heterocycles. The van der Waals surface area contributed by atoms with Gasteiger partial charge in [-0.25, -0.2) is 0 Å². The van der Waals surface area contributed by atoms with Gasteiger partial charge in [0.2, 0.25) is 0 Å². The van der Waals surface area contributed by atoms with Crippen molar-refractivity contribution >= 4 is 0 Å². The van der Waals surface area contributed by atoms with Crippen molar-refractivity contribution < 1.29 is 9.47 Å². The zero-order valence-corrected chi connectivity index (χ0v) is 10.6. The fraction of sp³-hybridized carbons (Fsp3) is 0.571. The number of hydrogen-bond donors (Lipinski definition) is 1. The van der Waals surface area contributed by atoms with Crippen molar-refractivity contribution in [2.24, 2.45) is 0 Å². The molecule has 0 radical (unpaired) electrons. The molecule has 1 aliphatic heterocycles. The van der Waals surface area contributed by atoms with Crippen LogP contribution in [0, 0.1) is 0 Å². The number of hydrogen-bond acceptors (Lipinski definition) is 3. The Morgan fingerprint density at radius 2 is 2.12 bits per heavy atom. The lowest BCUT2D eigenvalue weighted by molar-refractivity contribution is 0.113. The van der Waals surface area contributed by atoms with Gasteiger partial charge in [0.15, 0.2) is 0 Å². The van der Waals surface area contributed by atoms with Gasteiger partial charge in [-0.15, -0.1) is 0 Å². The first-order valence-corrected chi connectivity index (χ1v) is 6.27. The minimum Gasteiger partial charge on any atom is -0.497 e. The second kappa shape index (κ2) is 6.03. The van der Waals surface area contributed by atoms with Gasteiger partial charge >= 0.3 is 0 Å². The summed E-state index contributed by atoms with van der Waals surface area (Å²) in [5.41, 5.74) is 1.34. The predicted molar refractivity (Wildman–Crippen MR) is 68.5 cm³/mol. The quantitative estimate of drug-likeness (QED) is 0.847. The minimum atomic E-state index is 0.353. The minimum absolute atomic E-state index is 0.353. The molecule has 3 nitrogen and oxygen atoms in total. The van der Waals surface area contributed by atoms with E-state index in [1.165, 1.54) is 5.56 Å². The third kappa shape index (κ3) is 3.45. The van der Waals surface area contributed by atoms with E-state index in [0.29, 0.717) is 12.1 Å². The summed E-state index contributed by atoms with van der Waals surface area (Å²) >= 11 is 0. The summed E-state index contributed by atoms with van der Waals surface area (Å²) in [6.07, 6.45) is 2.53. The predicted octanol–water partition coefficient (Wildman–Crippen LogP) is 2.00. The van der Waals surface area contributed by atoms with Crippen molar-refractivity contribution in [2.75, 3.05) is 20.3 Å². The van der Waals surface area contributed by atoms with Crippen molar-refractivity contribution in [3.05, 3.63) is 29.8 Å². The van der Waals surface area contributed by atoms with Gasteiger partial charge in [0.25, 0.3) is 0 Å². The van der Waals surface area contributed by atoms with Gasteiger partial charge in [-0.1, -0.05) is 12.1 Å². The summed E-state index contributed by atoms with van der Waals surface area (Å²) < 4.78 is 10.7. The highest BCUT2D eigenvalue weighted by molar-refractivity contribution is 5.27. The number of nitrogens with one attached hydrogen (secondary N) is 1. The Morgan fingerprint density at radius 1 is 1.35 bits per heavy atom. The lowest BCUT2D eigenvalue weighted by Gasteiger charge is -2.15. The third-order valence-electron chi connectivity index (χ3n) is 3.36. The zero-order chi connectivity index (χ0) is 12.1. The fourth-order valence-corrected chi connectivity index (χ4v) is 2.19. The molecule has 0 bridgehead atoms. The number of ether oxygens (including phenoxy) is 2. The summed E-state index contributed by atoms with van der Waals surface area (Å²) in [7, 11) is 1.69. The standard InChI is InChI=1S/C14H21NO2/c1-11-14(8-10-17-11)15-9-7-12-3-5-13(16-2)6-4-12/h3-6,11,14-15H,7-10H2,1-2H3. The SMILES string of the molecule is COc1ccc(CCNC2CCOC2C)cc1. The summed E-state index contributed by atoms with van der Waals surface area (Å²) in [6, 6.07) is 8.78. The van der Waals surface area contributed by atoms with E-state index in [2.05, 4.69) is 24.4 Å². The zero-order valence-electron chi connectivity index (χ0n) is 10.6. The highest BCUT2D eigenvalue weighted by Crippen LogP contribution is 2.13. The Morgan fingerprint density at radius 3 is 2.71 bits per heavy atom. The van der Waals surface area contributed by atoms with E-state index in [9.17, 15) is 0 Å². The van der Waals surface area contributed by atoms with Gasteiger partial charge in [0, 0.05) is 12.6 Å². The van der Waals surface area contributed by atoms with Crippen LogP contribution >= 0.6 is 0 Å². The molecule has 1 heterocycles. The van der Waals surface area contributed by atoms with E-state index in [0.717, 1.165) is 31.7 Å². The Balaban J connectivity index is 1.73. The molecule has 1 fully saturated rings. The number of benzene rings is 1. The van der Waals surface area contributed by atoms with Crippen molar-refractivity contribution in [3.63, 3.8) is 0 Å². The van der Waals surface area contributed by atoms with Crippen LogP contribution in [0.25, 0.3) is 0 Å². The Bertz CT molecular complexity index is 337. The molecular formula is C14H21NO2. The molecule has 2 unspecified atom stereocenters. The molecule has 0 amide bonds. The van der Waals surface area contributed by atoms with E-state index >= 15 is 0 Å². The van der Waals surface area contributed by atoms with Crippen LogP contribution in [0.4, 0.5) is 0 Å². The number of methoxy groups -OCH3 is 1. The Kier molecular flexibility index (Phi) is 4.40. The van der Waals surface area contributed by atoms with E-state index in [1.54, 1.807) is 7.11 Å². The van der Waals surface area contributed by atoms with Crippen LogP contribution < -0.4 is 10.1 Å². The molecule has 94 valence electrons. The fourth-order valence-electron chi connectivity index (χ4n) is 2.19. The molecule has 2 rings (SSSR count). The van der Waals surface area contributed by atoms with Crippen LogP contribution in [0.15, 0.2) is 24.3 Å². The molecular weight excluding hydrogens is 214 g/mol. The van der Waals surface area contributed by atoms with Gasteiger partial charge in [-0.3, -0.25) is 0 Å². The van der Waals surface area contributed by atoms with Gasteiger partial charge in [-0.05, 0) is 44.0 Å². The first kappa shape index (κ1) is 12.4. The maximum Gasteiger partial charge on any atom is 0.118 e. The van der Waals surface area contributed by atoms with Crippen LogP contribution in [-0.2, 0) is 11.2 Å². The van der Waals surface area contributed by atoms with Gasteiger partial charge < -0.3 is 14.8 Å². The van der Waals surface area contributed by atoms with Crippen molar-refractivity contribution in [1.82, 2.24) is 5.32 Å². The Labute approximate surface area is 103 Å². The van der Waals surface area contributed by atoms with Crippen molar-refractivity contribution in [3.8, 4) is 5.75 Å². The number of rotatable bonds is 5. The molecule has 0 aliphatic carbocycles. The van der Waals surface area contributed by atoms with Gasteiger partial charge in [0.1, 0.15) is 5.75 Å². The molecule has 3 heteroatoms. The molecule has 0 spiro atoms. The van der Waals surface area contributed by atoms with Crippen molar-refractivity contribution in [2.45, 2.75) is 31.9 Å². The molecule has 0 saturated carbocycles. The average Bonchev–Trinajstić information content (AvgIpc) is 2.76. The largest absolute Gasteiger partial charge is 0.497 e. The molecule has 2 atom stereocenters. The molecule has 1 aromatic carbocycles. The smallest absolute Gasteiger partial charge is 0.118 e. The normalized spacial score (nSPS) is 23.9. The van der Waals surface area contributed by atoms with Crippen LogP contribution in [0.2, 0.25) is 0 Å². The molecule has 1 saturated heterocycles. The second-order valence-electron chi connectivity index (χ2n) is 4.52. The Hall–Kier alpha value is -1.06. The van der Waals surface area contributed by atoms with Gasteiger partial charge in [-0.2, -0.15) is 0 Å². The lowest BCUT2D eigenvalue weighted by atomic mass is 10.1. The van der Waals surface area contributed by atoms with Crippen LogP contribution in [0.1, 0.15) is 18.9 Å². The van der Waals surface area contributed by atoms with Crippen molar-refractivity contribution in [1.29, 1.82) is 0 Å². The summed E-state index contributed by atoms with van der Waals surface area (Å²) in [6.45, 7) is 4.03. The monoisotopic (exact) mass is 235 g/mol. The first-order chi connectivity index (χ1) is 8.29. The maximum absolute atomic E-state index is 5.52. The lowest BCUT2D eigenvalue weighted by Crippen LogP contribution is -2.35. The molecule has 1 aliphatic rings. The summed E-state index contributed by atoms with van der Waals surface area (Å²) in [4.78, 5) is 0. The maximum atomic E-state index is 5.52. The summed E-state index contributed by atoms with van der Waals surface area (Å²) in [5.74, 6) is 0.916. The highest BCUT2D eigenvalue weighted by atomic mass is 16.5. The van der Waals surface area contributed by atoms with E-state index in [-0.39, 0.29) is 0 Å².